The molecule has 2 aromatic rings. The molecule has 32 heavy (non-hydrogen) atoms. The Morgan fingerprint density at radius 2 is 2.06 bits per heavy atom. The summed E-state index contributed by atoms with van der Waals surface area (Å²) in [7, 11) is 0. The van der Waals surface area contributed by atoms with Crippen molar-refractivity contribution in [3.8, 4) is 0 Å². The molecule has 1 aliphatic heterocycles. The highest BCUT2D eigenvalue weighted by atomic mass is 32.1. The summed E-state index contributed by atoms with van der Waals surface area (Å²) in [5, 5.41) is 5.18. The second-order valence-electron chi connectivity index (χ2n) is 8.53. The van der Waals surface area contributed by atoms with Crippen LogP contribution in [0.4, 0.5) is 0 Å². The van der Waals surface area contributed by atoms with E-state index in [2.05, 4.69) is 53.0 Å². The number of fused-ring (bicyclic) bond motifs is 1. The minimum absolute atomic E-state index is 0.0524. The Bertz CT molecular complexity index is 935. The Labute approximate surface area is 197 Å². The predicted octanol–water partition coefficient (Wildman–Crippen LogP) is 3.68. The molecule has 0 bridgehead atoms. The van der Waals surface area contributed by atoms with E-state index in [4.69, 9.17) is 17.0 Å². The first kappa shape index (κ1) is 24.7. The van der Waals surface area contributed by atoms with Crippen LogP contribution in [0.15, 0.2) is 29.1 Å². The smallest absolute Gasteiger partial charge is 0.253 e. The number of H-pyrrole nitrogens is 1. The molecule has 0 aliphatic carbocycles. The summed E-state index contributed by atoms with van der Waals surface area (Å²) in [6, 6.07) is 8.23. The first-order valence-electron chi connectivity index (χ1n) is 12.1. The first-order valence-corrected chi connectivity index (χ1v) is 12.5. The van der Waals surface area contributed by atoms with E-state index in [-0.39, 0.29) is 11.7 Å². The van der Waals surface area contributed by atoms with E-state index in [9.17, 15) is 4.79 Å². The third kappa shape index (κ3) is 6.77. The van der Waals surface area contributed by atoms with E-state index >= 15 is 0 Å². The molecule has 1 atom stereocenters. The zero-order valence-corrected chi connectivity index (χ0v) is 20.6. The van der Waals surface area contributed by atoms with Crippen molar-refractivity contribution >= 4 is 28.2 Å². The van der Waals surface area contributed by atoms with Gasteiger partial charge in [-0.1, -0.05) is 26.8 Å². The molecule has 7 heteroatoms. The van der Waals surface area contributed by atoms with Crippen LogP contribution in [0.5, 0.6) is 0 Å². The van der Waals surface area contributed by atoms with Gasteiger partial charge in [0.05, 0.1) is 12.6 Å². The number of hydrogen-bond donors (Lipinski definition) is 2. The van der Waals surface area contributed by atoms with Crippen molar-refractivity contribution in [2.45, 2.75) is 59.1 Å². The normalized spacial score (nSPS) is 16.1. The van der Waals surface area contributed by atoms with E-state index in [1.807, 2.05) is 12.1 Å². The molecule has 0 saturated carbocycles. The highest BCUT2D eigenvalue weighted by molar-refractivity contribution is 7.80. The number of pyridine rings is 1. The molecule has 1 saturated heterocycles. The molecule has 1 aliphatic rings. The largest absolute Gasteiger partial charge is 0.376 e. The Morgan fingerprint density at radius 3 is 2.75 bits per heavy atom. The predicted molar refractivity (Wildman–Crippen MR) is 136 cm³/mol. The molecule has 2 heterocycles. The third-order valence-corrected chi connectivity index (χ3v) is 6.71. The van der Waals surface area contributed by atoms with Crippen LogP contribution in [-0.4, -0.2) is 65.3 Å². The van der Waals surface area contributed by atoms with Crippen molar-refractivity contribution in [2.24, 2.45) is 0 Å². The fourth-order valence-corrected chi connectivity index (χ4v) is 4.49. The van der Waals surface area contributed by atoms with Gasteiger partial charge in [-0.3, -0.25) is 4.79 Å². The number of benzene rings is 1. The first-order chi connectivity index (χ1) is 15.5. The molecule has 0 radical (unpaired) electrons. The summed E-state index contributed by atoms with van der Waals surface area (Å²) < 4.78 is 5.87. The van der Waals surface area contributed by atoms with Gasteiger partial charge >= 0.3 is 0 Å². The van der Waals surface area contributed by atoms with Crippen molar-refractivity contribution in [3.05, 3.63) is 45.7 Å². The van der Waals surface area contributed by atoms with Gasteiger partial charge in [0, 0.05) is 30.8 Å². The zero-order valence-electron chi connectivity index (χ0n) is 19.8. The SMILES string of the molecule is CCc1ccc2[nH]c(=O)c(CN(C[C@@H]3CCCO3)C(=S)NCCCN(CC)CC)cc2c1. The summed E-state index contributed by atoms with van der Waals surface area (Å²) in [5.41, 5.74) is 2.82. The number of hydrogen-bond acceptors (Lipinski definition) is 4. The van der Waals surface area contributed by atoms with Gasteiger partial charge < -0.3 is 24.8 Å². The Hall–Kier alpha value is -1.96. The highest BCUT2D eigenvalue weighted by Crippen LogP contribution is 2.17. The Morgan fingerprint density at radius 1 is 1.25 bits per heavy atom. The maximum Gasteiger partial charge on any atom is 0.253 e. The van der Waals surface area contributed by atoms with Gasteiger partial charge in [-0.2, -0.15) is 0 Å². The number of nitrogens with one attached hydrogen (secondary N) is 2. The lowest BCUT2D eigenvalue weighted by atomic mass is 10.1. The number of ether oxygens (including phenoxy) is 1. The minimum atomic E-state index is -0.0524. The number of aromatic nitrogens is 1. The topological polar surface area (TPSA) is 60.6 Å². The van der Waals surface area contributed by atoms with Crippen LogP contribution in [0.2, 0.25) is 0 Å². The monoisotopic (exact) mass is 458 g/mol. The summed E-state index contributed by atoms with van der Waals surface area (Å²) >= 11 is 5.76. The third-order valence-electron chi connectivity index (χ3n) is 6.31. The van der Waals surface area contributed by atoms with Crippen molar-refractivity contribution in [1.29, 1.82) is 0 Å². The lowest BCUT2D eigenvalue weighted by Crippen LogP contribution is -2.44. The number of thiocarbonyl (C=S) groups is 1. The highest BCUT2D eigenvalue weighted by Gasteiger charge is 2.22. The van der Waals surface area contributed by atoms with Crippen LogP contribution in [0, 0.1) is 0 Å². The van der Waals surface area contributed by atoms with E-state index in [0.29, 0.717) is 18.2 Å². The van der Waals surface area contributed by atoms with Crippen molar-refractivity contribution in [1.82, 2.24) is 20.1 Å². The quantitative estimate of drug-likeness (QED) is 0.396. The van der Waals surface area contributed by atoms with Gasteiger partial charge in [-0.25, -0.2) is 0 Å². The van der Waals surface area contributed by atoms with Gasteiger partial charge in [-0.05, 0) is 86.7 Å². The zero-order chi connectivity index (χ0) is 22.9. The molecule has 0 spiro atoms. The fourth-order valence-electron chi connectivity index (χ4n) is 4.25. The van der Waals surface area contributed by atoms with Crippen LogP contribution >= 0.6 is 12.2 Å². The Balaban J connectivity index is 1.71. The van der Waals surface area contributed by atoms with E-state index in [0.717, 1.165) is 74.9 Å². The molecule has 1 aromatic carbocycles. The number of aryl methyl sites for hydroxylation is 1. The summed E-state index contributed by atoms with van der Waals surface area (Å²) in [5.74, 6) is 0. The lowest BCUT2D eigenvalue weighted by Gasteiger charge is -2.28. The molecule has 3 rings (SSSR count). The van der Waals surface area contributed by atoms with Gasteiger partial charge in [0.1, 0.15) is 0 Å². The molecule has 176 valence electrons. The van der Waals surface area contributed by atoms with Crippen molar-refractivity contribution in [2.75, 3.05) is 39.3 Å². The molecule has 2 N–H and O–H groups in total. The maximum absolute atomic E-state index is 12.8. The molecule has 1 aromatic heterocycles. The number of aromatic amines is 1. The average Bonchev–Trinajstić information content (AvgIpc) is 3.32. The molecular formula is C25H38N4O2S. The van der Waals surface area contributed by atoms with Gasteiger partial charge in [0.25, 0.3) is 5.56 Å². The molecule has 6 nitrogen and oxygen atoms in total. The summed E-state index contributed by atoms with van der Waals surface area (Å²) in [6.45, 7) is 12.5. The van der Waals surface area contributed by atoms with Gasteiger partial charge in [0.15, 0.2) is 5.11 Å². The fraction of sp³-hybridized carbons (Fsp3) is 0.600. The van der Waals surface area contributed by atoms with Crippen LogP contribution in [0.3, 0.4) is 0 Å². The average molecular weight is 459 g/mol. The van der Waals surface area contributed by atoms with Crippen molar-refractivity contribution in [3.63, 3.8) is 0 Å². The number of nitrogens with zero attached hydrogens (tertiary/aromatic N) is 2. The van der Waals surface area contributed by atoms with Crippen LogP contribution in [0.1, 0.15) is 51.2 Å². The maximum atomic E-state index is 12.8. The second kappa shape index (κ2) is 12.3. The summed E-state index contributed by atoms with van der Waals surface area (Å²) in [6.07, 6.45) is 4.29. The molecule has 0 amide bonds. The van der Waals surface area contributed by atoms with E-state index < -0.39 is 0 Å². The Kier molecular flexibility index (Phi) is 9.51. The van der Waals surface area contributed by atoms with Crippen LogP contribution in [0.25, 0.3) is 10.9 Å². The standard InChI is InChI=1S/C25H38N4O2S/c1-4-19-10-11-23-20(15-19)16-21(24(30)27-23)17-29(18-22-9-7-14-31-22)25(32)26-12-8-13-28(5-2)6-3/h10-11,15-16,22H,4-9,12-14,17-18H2,1-3H3,(H,26,32)(H,27,30)/t22-/m0/s1. The van der Waals surface area contributed by atoms with Crippen LogP contribution < -0.4 is 10.9 Å². The number of rotatable bonds is 11. The van der Waals surface area contributed by atoms with Crippen molar-refractivity contribution < 1.29 is 4.74 Å². The minimum Gasteiger partial charge on any atom is -0.376 e. The molecule has 1 fully saturated rings. The molecular weight excluding hydrogens is 420 g/mol. The van der Waals surface area contributed by atoms with Gasteiger partial charge in [0.2, 0.25) is 0 Å². The van der Waals surface area contributed by atoms with E-state index in [1.54, 1.807) is 0 Å². The summed E-state index contributed by atoms with van der Waals surface area (Å²) in [4.78, 5) is 20.4. The lowest BCUT2D eigenvalue weighted by molar-refractivity contribution is 0.0896. The molecule has 0 unspecified atom stereocenters. The van der Waals surface area contributed by atoms with Crippen LogP contribution in [-0.2, 0) is 17.7 Å². The van der Waals surface area contributed by atoms with E-state index in [1.165, 1.54) is 5.56 Å². The second-order valence-corrected chi connectivity index (χ2v) is 8.91. The van der Waals surface area contributed by atoms with Gasteiger partial charge in [-0.15, -0.1) is 0 Å².